The predicted octanol–water partition coefficient (Wildman–Crippen LogP) is 4.67. The molecule has 0 aliphatic carbocycles. The van der Waals surface area contributed by atoms with Crippen LogP contribution in [0.25, 0.3) is 0 Å². The van der Waals surface area contributed by atoms with Crippen molar-refractivity contribution >= 4 is 28.5 Å². The first-order chi connectivity index (χ1) is 11.6. The molecule has 4 nitrogen and oxygen atoms in total. The number of hydrogen-bond donors (Lipinski definition) is 1. The maximum absolute atomic E-state index is 12.1. The van der Waals surface area contributed by atoms with Crippen LogP contribution in [0.3, 0.4) is 0 Å². The first-order valence-corrected chi connectivity index (χ1v) is 9.11. The van der Waals surface area contributed by atoms with Crippen molar-refractivity contribution in [3.05, 3.63) is 46.8 Å². The minimum Gasteiger partial charge on any atom is -0.493 e. The summed E-state index contributed by atoms with van der Waals surface area (Å²) in [7, 11) is 0. The Morgan fingerprint density at radius 3 is 2.88 bits per heavy atom. The normalized spacial score (nSPS) is 11.2. The number of thiophene rings is 1. The fourth-order valence-electron chi connectivity index (χ4n) is 2.01. The van der Waals surface area contributed by atoms with Gasteiger partial charge in [-0.3, -0.25) is 4.79 Å². The summed E-state index contributed by atoms with van der Waals surface area (Å²) >= 11 is 1.46. The maximum atomic E-state index is 12.1. The van der Waals surface area contributed by atoms with Gasteiger partial charge < -0.3 is 10.1 Å². The number of carbonyl (C=O) groups is 1. The van der Waals surface area contributed by atoms with Gasteiger partial charge in [-0.25, -0.2) is 4.99 Å². The summed E-state index contributed by atoms with van der Waals surface area (Å²) in [5.74, 6) is 1.19. The molecule has 128 valence electrons. The highest BCUT2D eigenvalue weighted by atomic mass is 32.1. The van der Waals surface area contributed by atoms with Crippen LogP contribution >= 0.6 is 11.3 Å². The number of nitrogens with zero attached hydrogens (tertiary/aromatic N) is 1. The molecule has 1 heterocycles. The average Bonchev–Trinajstić information content (AvgIpc) is 3.05. The van der Waals surface area contributed by atoms with E-state index in [-0.39, 0.29) is 5.91 Å². The Kier molecular flexibility index (Phi) is 7.00. The zero-order valence-electron chi connectivity index (χ0n) is 14.4. The van der Waals surface area contributed by atoms with Crippen molar-refractivity contribution < 1.29 is 9.53 Å². The van der Waals surface area contributed by atoms with Crippen LogP contribution in [0.4, 0.5) is 5.00 Å². The third-order valence-electron chi connectivity index (χ3n) is 3.24. The second kappa shape index (κ2) is 9.23. The quantitative estimate of drug-likeness (QED) is 0.707. The van der Waals surface area contributed by atoms with Crippen molar-refractivity contribution in [1.82, 2.24) is 5.32 Å². The Morgan fingerprint density at radius 2 is 2.12 bits per heavy atom. The average molecular weight is 344 g/mol. The van der Waals surface area contributed by atoms with Crippen LogP contribution in [0.15, 0.2) is 40.7 Å². The first-order valence-electron chi connectivity index (χ1n) is 8.23. The summed E-state index contributed by atoms with van der Waals surface area (Å²) in [5.41, 5.74) is 1.52. The monoisotopic (exact) mass is 344 g/mol. The van der Waals surface area contributed by atoms with Crippen LogP contribution in [0, 0.1) is 5.92 Å². The molecular weight excluding hydrogens is 320 g/mol. The number of carbonyl (C=O) groups excluding carboxylic acids is 1. The number of hydrogen-bond acceptors (Lipinski definition) is 4. The van der Waals surface area contributed by atoms with Gasteiger partial charge in [0, 0.05) is 18.3 Å². The molecule has 24 heavy (non-hydrogen) atoms. The molecule has 2 aromatic rings. The van der Waals surface area contributed by atoms with E-state index in [0.29, 0.717) is 29.6 Å². The van der Waals surface area contributed by atoms with Crippen LogP contribution in [-0.2, 0) is 0 Å². The highest BCUT2D eigenvalue weighted by Gasteiger charge is 2.11. The zero-order valence-corrected chi connectivity index (χ0v) is 15.2. The number of benzene rings is 1. The summed E-state index contributed by atoms with van der Waals surface area (Å²) < 4.78 is 5.83. The van der Waals surface area contributed by atoms with Gasteiger partial charge in [0.2, 0.25) is 0 Å². The highest BCUT2D eigenvalue weighted by molar-refractivity contribution is 7.14. The van der Waals surface area contributed by atoms with Gasteiger partial charge in [0.1, 0.15) is 10.8 Å². The molecule has 2 rings (SSSR count). The van der Waals surface area contributed by atoms with E-state index in [1.807, 2.05) is 42.6 Å². The van der Waals surface area contributed by atoms with Gasteiger partial charge in [0.05, 0.1) is 12.2 Å². The molecule has 1 aromatic carbocycles. The predicted molar refractivity (Wildman–Crippen MR) is 101 cm³/mol. The van der Waals surface area contributed by atoms with E-state index in [1.54, 1.807) is 6.21 Å². The number of rotatable bonds is 8. The third-order valence-corrected chi connectivity index (χ3v) is 4.06. The fraction of sp³-hybridized carbons (Fsp3) is 0.368. The lowest BCUT2D eigenvalue weighted by atomic mass is 10.2. The minimum atomic E-state index is -0.0745. The zero-order chi connectivity index (χ0) is 17.4. The smallest absolute Gasteiger partial charge is 0.254 e. The van der Waals surface area contributed by atoms with Crippen LogP contribution in [-0.4, -0.2) is 25.3 Å². The van der Waals surface area contributed by atoms with Crippen LogP contribution in [0.5, 0.6) is 5.75 Å². The molecule has 0 aliphatic rings. The Morgan fingerprint density at radius 1 is 1.33 bits per heavy atom. The van der Waals surface area contributed by atoms with Crippen molar-refractivity contribution in [2.24, 2.45) is 10.9 Å². The molecule has 0 fully saturated rings. The van der Waals surface area contributed by atoms with Crippen LogP contribution in [0.1, 0.15) is 43.1 Å². The van der Waals surface area contributed by atoms with Crippen LogP contribution < -0.4 is 10.1 Å². The largest absolute Gasteiger partial charge is 0.493 e. The molecule has 0 radical (unpaired) electrons. The SMILES string of the molecule is CCCNC(=O)c1ccsc1N=Cc1ccccc1OCC(C)C. The van der Waals surface area contributed by atoms with Gasteiger partial charge >= 0.3 is 0 Å². The van der Waals surface area contributed by atoms with Gasteiger partial charge in [-0.2, -0.15) is 0 Å². The Hall–Kier alpha value is -2.14. The number of amides is 1. The lowest BCUT2D eigenvalue weighted by molar-refractivity contribution is 0.0955. The molecule has 1 aromatic heterocycles. The van der Waals surface area contributed by atoms with Gasteiger partial charge in [-0.05, 0) is 35.9 Å². The van der Waals surface area contributed by atoms with Gasteiger partial charge in [0.25, 0.3) is 5.91 Å². The molecule has 1 amide bonds. The standard InChI is InChI=1S/C19H24N2O2S/c1-4-10-20-18(22)16-9-11-24-19(16)21-12-15-7-5-6-8-17(15)23-13-14(2)3/h5-9,11-12,14H,4,10,13H2,1-3H3,(H,20,22). The third kappa shape index (κ3) is 5.20. The Bertz CT molecular complexity index is 692. The van der Waals surface area contributed by atoms with E-state index in [0.717, 1.165) is 17.7 Å². The van der Waals surface area contributed by atoms with Crippen LogP contribution in [0.2, 0.25) is 0 Å². The molecule has 0 spiro atoms. The van der Waals surface area contributed by atoms with Crippen molar-refractivity contribution in [1.29, 1.82) is 0 Å². The molecule has 0 saturated carbocycles. The van der Waals surface area contributed by atoms with E-state index in [9.17, 15) is 4.79 Å². The molecule has 0 atom stereocenters. The minimum absolute atomic E-state index is 0.0745. The second-order valence-electron chi connectivity index (χ2n) is 5.90. The van der Waals surface area contributed by atoms with E-state index in [2.05, 4.69) is 24.2 Å². The number of ether oxygens (including phenoxy) is 1. The Balaban J connectivity index is 2.14. The second-order valence-corrected chi connectivity index (χ2v) is 6.79. The van der Waals surface area contributed by atoms with Crippen molar-refractivity contribution in [3.8, 4) is 5.75 Å². The molecule has 0 bridgehead atoms. The summed E-state index contributed by atoms with van der Waals surface area (Å²) in [5, 5.41) is 5.48. The molecule has 0 saturated heterocycles. The van der Waals surface area contributed by atoms with Gasteiger partial charge in [-0.1, -0.05) is 32.9 Å². The van der Waals surface area contributed by atoms with Crippen molar-refractivity contribution in [2.45, 2.75) is 27.2 Å². The summed E-state index contributed by atoms with van der Waals surface area (Å²) in [4.78, 5) is 16.6. The molecule has 5 heteroatoms. The number of para-hydroxylation sites is 1. The van der Waals surface area contributed by atoms with E-state index in [1.165, 1.54) is 11.3 Å². The van der Waals surface area contributed by atoms with Crippen molar-refractivity contribution in [2.75, 3.05) is 13.2 Å². The van der Waals surface area contributed by atoms with E-state index >= 15 is 0 Å². The Labute approximate surface area is 147 Å². The maximum Gasteiger partial charge on any atom is 0.254 e. The fourth-order valence-corrected chi connectivity index (χ4v) is 2.75. The number of nitrogens with one attached hydrogen (secondary N) is 1. The molecule has 0 aliphatic heterocycles. The summed E-state index contributed by atoms with van der Waals surface area (Å²) in [6, 6.07) is 9.61. The van der Waals surface area contributed by atoms with Gasteiger partial charge in [-0.15, -0.1) is 11.3 Å². The summed E-state index contributed by atoms with van der Waals surface area (Å²) in [6.45, 7) is 7.59. The van der Waals surface area contributed by atoms with E-state index < -0.39 is 0 Å². The molecular formula is C19H24N2O2S. The highest BCUT2D eigenvalue weighted by Crippen LogP contribution is 2.27. The number of aliphatic imine (C=N–C) groups is 1. The molecule has 0 unspecified atom stereocenters. The molecule has 1 N–H and O–H groups in total. The lowest BCUT2D eigenvalue weighted by Gasteiger charge is -2.10. The summed E-state index contributed by atoms with van der Waals surface area (Å²) in [6.07, 6.45) is 2.67. The lowest BCUT2D eigenvalue weighted by Crippen LogP contribution is -2.23. The first kappa shape index (κ1) is 18.2. The topological polar surface area (TPSA) is 50.7 Å². The van der Waals surface area contributed by atoms with Crippen molar-refractivity contribution in [3.63, 3.8) is 0 Å². The van der Waals surface area contributed by atoms with E-state index in [4.69, 9.17) is 4.74 Å². The van der Waals surface area contributed by atoms with Gasteiger partial charge in [0.15, 0.2) is 0 Å².